The largest absolute Gasteiger partial charge is 0.480 e. The highest BCUT2D eigenvalue weighted by molar-refractivity contribution is 5.94. The van der Waals surface area contributed by atoms with E-state index in [1.54, 1.807) is 13.3 Å². The number of aromatic nitrogens is 3. The van der Waals surface area contributed by atoms with Crippen LogP contribution in [-0.2, 0) is 6.54 Å². The zero-order valence-electron chi connectivity index (χ0n) is 23.2. The van der Waals surface area contributed by atoms with E-state index in [1.807, 2.05) is 11.0 Å². The van der Waals surface area contributed by atoms with Crippen LogP contribution in [0.3, 0.4) is 0 Å². The molecule has 2 aliphatic heterocycles. The number of anilines is 2. The smallest absolute Gasteiger partial charge is 0.326 e. The molecule has 1 saturated heterocycles. The van der Waals surface area contributed by atoms with E-state index in [-0.39, 0.29) is 18.1 Å². The first-order chi connectivity index (χ1) is 19.0. The lowest BCUT2D eigenvalue weighted by molar-refractivity contribution is 0.136. The summed E-state index contributed by atoms with van der Waals surface area (Å²) < 4.78 is 7.71. The van der Waals surface area contributed by atoms with E-state index in [2.05, 4.69) is 63.8 Å². The maximum Gasteiger partial charge on any atom is 0.326 e. The second kappa shape index (κ2) is 9.57. The molecule has 2 amide bonds. The number of hydrogen-bond acceptors (Lipinski definition) is 5. The van der Waals surface area contributed by atoms with Crippen molar-refractivity contribution in [3.8, 4) is 5.88 Å². The fourth-order valence-corrected chi connectivity index (χ4v) is 6.66. The molecular weight excluding hydrogens is 488 g/mol. The van der Waals surface area contributed by atoms with E-state index in [0.29, 0.717) is 24.4 Å². The fourth-order valence-electron chi connectivity index (χ4n) is 6.66. The Morgan fingerprint density at radius 1 is 0.974 bits per heavy atom. The van der Waals surface area contributed by atoms with Gasteiger partial charge in [-0.1, -0.05) is 24.3 Å². The number of methoxy groups -OCH3 is 1. The summed E-state index contributed by atoms with van der Waals surface area (Å²) >= 11 is 0. The molecular formula is C31H38N6O2. The summed E-state index contributed by atoms with van der Waals surface area (Å²) in [5.41, 5.74) is 6.07. The van der Waals surface area contributed by atoms with Gasteiger partial charge in [-0.15, -0.1) is 0 Å². The molecule has 204 valence electrons. The topological polar surface area (TPSA) is 66.7 Å². The number of aryl methyl sites for hydroxylation is 1. The normalized spacial score (nSPS) is 21.9. The third-order valence-corrected chi connectivity index (χ3v) is 9.10. The molecule has 1 unspecified atom stereocenters. The number of carbonyl (C=O) groups is 1. The molecule has 2 aliphatic carbocycles. The van der Waals surface area contributed by atoms with Crippen LogP contribution < -0.4 is 14.5 Å². The van der Waals surface area contributed by atoms with Gasteiger partial charge in [-0.25, -0.2) is 9.78 Å². The third-order valence-electron chi connectivity index (χ3n) is 9.10. The van der Waals surface area contributed by atoms with Crippen molar-refractivity contribution >= 4 is 17.5 Å². The van der Waals surface area contributed by atoms with Crippen LogP contribution in [0.25, 0.3) is 0 Å². The van der Waals surface area contributed by atoms with Crippen LogP contribution >= 0.6 is 0 Å². The summed E-state index contributed by atoms with van der Waals surface area (Å²) in [6, 6.07) is 11.5. The van der Waals surface area contributed by atoms with Crippen LogP contribution in [-0.4, -0.2) is 51.9 Å². The first-order valence-electron chi connectivity index (χ1n) is 14.5. The SMILES string of the molecule is COc1nccc(C)c1N1CCC(N2C(=O)N(Cc3ccccc3C3CC3)c3nn(C4CC4)cc3C2C)CC1. The Kier molecular flexibility index (Phi) is 6.01. The molecule has 8 nitrogen and oxygen atoms in total. The average molecular weight is 527 g/mol. The maximum absolute atomic E-state index is 14.4. The molecule has 39 heavy (non-hydrogen) atoms. The van der Waals surface area contributed by atoms with Crippen molar-refractivity contribution < 1.29 is 9.53 Å². The molecule has 3 fully saturated rings. The number of benzene rings is 1. The summed E-state index contributed by atoms with van der Waals surface area (Å²) in [5.74, 6) is 2.17. The molecule has 2 saturated carbocycles. The number of fused-ring (bicyclic) bond motifs is 1. The highest BCUT2D eigenvalue weighted by Crippen LogP contribution is 2.45. The van der Waals surface area contributed by atoms with E-state index in [1.165, 1.54) is 47.9 Å². The van der Waals surface area contributed by atoms with Crippen molar-refractivity contribution in [1.29, 1.82) is 0 Å². The molecule has 4 heterocycles. The molecule has 7 rings (SSSR count). The lowest BCUT2D eigenvalue weighted by Crippen LogP contribution is -2.55. The Morgan fingerprint density at radius 3 is 2.46 bits per heavy atom. The summed E-state index contributed by atoms with van der Waals surface area (Å²) in [6.45, 7) is 6.60. The monoisotopic (exact) mass is 526 g/mol. The number of rotatable bonds is 7. The number of piperidine rings is 1. The number of hydrogen-bond donors (Lipinski definition) is 0. The Hall–Kier alpha value is -3.55. The van der Waals surface area contributed by atoms with Crippen molar-refractivity contribution in [2.45, 2.75) is 83.0 Å². The van der Waals surface area contributed by atoms with Gasteiger partial charge in [-0.05, 0) is 81.0 Å². The van der Waals surface area contributed by atoms with E-state index in [4.69, 9.17) is 9.84 Å². The zero-order chi connectivity index (χ0) is 26.7. The minimum atomic E-state index is 0.00106. The van der Waals surface area contributed by atoms with E-state index in [0.717, 1.165) is 37.4 Å². The molecule has 0 radical (unpaired) electrons. The summed E-state index contributed by atoms with van der Waals surface area (Å²) in [4.78, 5) is 25.3. The molecule has 2 aromatic heterocycles. The van der Waals surface area contributed by atoms with Gasteiger partial charge in [0.1, 0.15) is 5.69 Å². The molecule has 0 bridgehead atoms. The van der Waals surface area contributed by atoms with Gasteiger partial charge in [0.25, 0.3) is 0 Å². The van der Waals surface area contributed by atoms with Gasteiger partial charge in [-0.3, -0.25) is 9.58 Å². The average Bonchev–Trinajstić information content (AvgIpc) is 3.89. The fraction of sp³-hybridized carbons (Fsp3) is 0.516. The molecule has 1 atom stereocenters. The first-order valence-corrected chi connectivity index (χ1v) is 14.5. The second-order valence-electron chi connectivity index (χ2n) is 11.7. The summed E-state index contributed by atoms with van der Waals surface area (Å²) in [7, 11) is 1.68. The third kappa shape index (κ3) is 4.34. The Morgan fingerprint density at radius 2 is 1.74 bits per heavy atom. The number of carbonyl (C=O) groups excluding carboxylic acids is 1. The van der Waals surface area contributed by atoms with Crippen molar-refractivity contribution in [1.82, 2.24) is 19.7 Å². The van der Waals surface area contributed by atoms with Gasteiger partial charge < -0.3 is 14.5 Å². The van der Waals surface area contributed by atoms with Gasteiger partial charge in [0.2, 0.25) is 5.88 Å². The molecule has 3 aromatic rings. The number of pyridine rings is 1. The highest BCUT2D eigenvalue weighted by Gasteiger charge is 2.43. The van der Waals surface area contributed by atoms with Crippen LogP contribution in [0.1, 0.15) is 85.7 Å². The predicted octanol–water partition coefficient (Wildman–Crippen LogP) is 5.98. The van der Waals surface area contributed by atoms with Gasteiger partial charge in [0.15, 0.2) is 5.82 Å². The van der Waals surface area contributed by atoms with Gasteiger partial charge in [-0.2, -0.15) is 5.10 Å². The highest BCUT2D eigenvalue weighted by atomic mass is 16.5. The molecule has 4 aliphatic rings. The van der Waals surface area contributed by atoms with E-state index >= 15 is 0 Å². The second-order valence-corrected chi connectivity index (χ2v) is 11.7. The number of amides is 2. The van der Waals surface area contributed by atoms with Gasteiger partial charge >= 0.3 is 6.03 Å². The van der Waals surface area contributed by atoms with Crippen LogP contribution in [0.15, 0.2) is 42.7 Å². The summed E-state index contributed by atoms with van der Waals surface area (Å²) in [5, 5.41) is 5.01. The van der Waals surface area contributed by atoms with Crippen LogP contribution in [0.2, 0.25) is 0 Å². The Balaban J connectivity index is 1.18. The van der Waals surface area contributed by atoms with Crippen molar-refractivity contribution in [3.63, 3.8) is 0 Å². The minimum absolute atomic E-state index is 0.00106. The standard InChI is InChI=1S/C31H38N6O2/c1-20-12-15-32-30(39-3)28(20)34-16-13-25(14-17-34)37-21(2)27-19-36(24-10-11-24)33-29(27)35(31(37)38)18-23-6-4-5-7-26(23)22-8-9-22/h4-7,12,15,19,21-22,24-25H,8-11,13-14,16-18H2,1-3H3. The van der Waals surface area contributed by atoms with Crippen LogP contribution in [0.5, 0.6) is 5.88 Å². The van der Waals surface area contributed by atoms with Crippen molar-refractivity contribution in [2.24, 2.45) is 0 Å². The quantitative estimate of drug-likeness (QED) is 0.379. The van der Waals surface area contributed by atoms with Crippen LogP contribution in [0, 0.1) is 6.92 Å². The predicted molar refractivity (Wildman–Crippen MR) is 152 cm³/mol. The van der Waals surface area contributed by atoms with E-state index in [9.17, 15) is 4.79 Å². The molecule has 0 N–H and O–H groups in total. The molecule has 1 aromatic carbocycles. The number of urea groups is 1. The number of ether oxygens (including phenoxy) is 1. The van der Waals surface area contributed by atoms with Crippen LogP contribution in [0.4, 0.5) is 16.3 Å². The van der Waals surface area contributed by atoms with Gasteiger partial charge in [0, 0.05) is 37.1 Å². The molecule has 0 spiro atoms. The Labute approximate surface area is 230 Å². The van der Waals surface area contributed by atoms with Crippen molar-refractivity contribution in [2.75, 3.05) is 30.0 Å². The number of nitrogens with zero attached hydrogens (tertiary/aromatic N) is 6. The molecule has 8 heteroatoms. The lowest BCUT2D eigenvalue weighted by atomic mass is 9.96. The van der Waals surface area contributed by atoms with Gasteiger partial charge in [0.05, 0.1) is 25.7 Å². The lowest BCUT2D eigenvalue weighted by Gasteiger charge is -2.46. The zero-order valence-corrected chi connectivity index (χ0v) is 23.2. The van der Waals surface area contributed by atoms with E-state index < -0.39 is 0 Å². The summed E-state index contributed by atoms with van der Waals surface area (Å²) in [6.07, 6.45) is 10.7. The minimum Gasteiger partial charge on any atom is -0.480 e. The Bertz CT molecular complexity index is 1390. The first kappa shape index (κ1) is 24.5. The van der Waals surface area contributed by atoms with Crippen molar-refractivity contribution in [3.05, 3.63) is 65.0 Å². The maximum atomic E-state index is 14.4.